The molecule has 0 unspecified atom stereocenters. The molecule has 3 N–H and O–H groups in total. The summed E-state index contributed by atoms with van der Waals surface area (Å²) in [7, 11) is 1.35. The van der Waals surface area contributed by atoms with Gasteiger partial charge in [0.05, 0.1) is 17.1 Å². The van der Waals surface area contributed by atoms with Crippen LogP contribution in [-0.2, 0) is 15.9 Å². The van der Waals surface area contributed by atoms with Crippen LogP contribution in [0.4, 0.5) is 0 Å². The number of carboxylic acids is 1. The van der Waals surface area contributed by atoms with E-state index in [4.69, 9.17) is 13.9 Å². The number of fused-ring (bicyclic) bond motifs is 2. The Labute approximate surface area is 129 Å². The van der Waals surface area contributed by atoms with Gasteiger partial charge in [-0.25, -0.2) is 4.79 Å². The molecule has 0 bridgehead atoms. The van der Waals surface area contributed by atoms with Gasteiger partial charge in [0.25, 0.3) is 0 Å². The predicted molar refractivity (Wildman–Crippen MR) is 76.8 cm³/mol. The summed E-state index contributed by atoms with van der Waals surface area (Å²) >= 11 is 0. The molecule has 2 heterocycles. The smallest absolute Gasteiger partial charge is 0.340 e. The van der Waals surface area contributed by atoms with E-state index < -0.39 is 34.8 Å². The number of hydrogen-bond acceptors (Lipinski definition) is 7. The van der Waals surface area contributed by atoms with Crippen LogP contribution in [0.15, 0.2) is 15.3 Å². The number of methoxy groups -OCH3 is 1. The number of carboxylic acid groups (broad SMARTS) is 1. The fraction of sp³-hybridized carbons (Fsp3) is 0.333. The van der Waals surface area contributed by atoms with Gasteiger partial charge < -0.3 is 29.2 Å². The van der Waals surface area contributed by atoms with Crippen LogP contribution >= 0.6 is 0 Å². The first-order valence-corrected chi connectivity index (χ1v) is 6.81. The van der Waals surface area contributed by atoms with Crippen LogP contribution in [0, 0.1) is 0 Å². The first kappa shape index (κ1) is 15.3. The van der Waals surface area contributed by atoms with Crippen molar-refractivity contribution in [1.29, 1.82) is 0 Å². The SMILES string of the molecule is CO[C@H]1O[C@@H](C)Cc2oc3cc(O)c(O)c(C(=O)O)c3c(=O)c21. The normalized spacial score (nSPS) is 20.4. The van der Waals surface area contributed by atoms with E-state index in [0.717, 1.165) is 6.07 Å². The van der Waals surface area contributed by atoms with Gasteiger partial charge in [-0.15, -0.1) is 0 Å². The lowest BCUT2D eigenvalue weighted by molar-refractivity contribution is -0.166. The number of rotatable bonds is 2. The highest BCUT2D eigenvalue weighted by molar-refractivity contribution is 6.06. The summed E-state index contributed by atoms with van der Waals surface area (Å²) in [4.78, 5) is 24.2. The molecule has 8 heteroatoms. The van der Waals surface area contributed by atoms with Crippen LogP contribution < -0.4 is 5.43 Å². The Hall–Kier alpha value is -2.58. The van der Waals surface area contributed by atoms with Crippen molar-refractivity contribution in [3.63, 3.8) is 0 Å². The van der Waals surface area contributed by atoms with Crippen molar-refractivity contribution < 1.29 is 34.0 Å². The molecule has 1 aromatic carbocycles. The summed E-state index contributed by atoms with van der Waals surface area (Å²) < 4.78 is 16.2. The van der Waals surface area contributed by atoms with E-state index in [1.165, 1.54) is 7.11 Å². The second kappa shape index (κ2) is 5.25. The lowest BCUT2D eigenvalue weighted by Crippen LogP contribution is -2.30. The van der Waals surface area contributed by atoms with Crippen LogP contribution in [0.3, 0.4) is 0 Å². The summed E-state index contributed by atoms with van der Waals surface area (Å²) in [6.45, 7) is 1.77. The number of benzene rings is 1. The lowest BCUT2D eigenvalue weighted by Gasteiger charge is -2.28. The molecule has 1 aliphatic heterocycles. The van der Waals surface area contributed by atoms with Gasteiger partial charge >= 0.3 is 5.97 Å². The third-order valence-corrected chi connectivity index (χ3v) is 3.74. The third kappa shape index (κ3) is 2.23. The number of carbonyl (C=O) groups is 1. The zero-order valence-electron chi connectivity index (χ0n) is 12.3. The fourth-order valence-electron chi connectivity index (χ4n) is 2.75. The summed E-state index contributed by atoms with van der Waals surface area (Å²) in [5, 5.41) is 28.4. The molecule has 1 aliphatic rings. The molecule has 0 fully saturated rings. The molecule has 122 valence electrons. The van der Waals surface area contributed by atoms with Crippen molar-refractivity contribution in [3.05, 3.63) is 33.2 Å². The second-order valence-electron chi connectivity index (χ2n) is 5.28. The predicted octanol–water partition coefficient (Wildman–Crippen LogP) is 1.51. The number of aromatic carboxylic acids is 1. The van der Waals surface area contributed by atoms with Crippen molar-refractivity contribution >= 4 is 16.9 Å². The van der Waals surface area contributed by atoms with Crippen LogP contribution in [0.25, 0.3) is 11.0 Å². The van der Waals surface area contributed by atoms with Gasteiger partial charge in [-0.2, -0.15) is 0 Å². The Bertz CT molecular complexity index is 866. The van der Waals surface area contributed by atoms with Crippen molar-refractivity contribution in [1.82, 2.24) is 0 Å². The topological polar surface area (TPSA) is 126 Å². The maximum atomic E-state index is 12.8. The average Bonchev–Trinajstić information content (AvgIpc) is 2.47. The van der Waals surface area contributed by atoms with Gasteiger partial charge in [-0.3, -0.25) is 4.79 Å². The van der Waals surface area contributed by atoms with Crippen molar-refractivity contribution in [2.24, 2.45) is 0 Å². The van der Waals surface area contributed by atoms with Crippen molar-refractivity contribution in [2.75, 3.05) is 7.11 Å². The molecule has 2 atom stereocenters. The number of phenols is 2. The van der Waals surface area contributed by atoms with E-state index in [-0.39, 0.29) is 22.6 Å². The first-order chi connectivity index (χ1) is 10.8. The zero-order chi connectivity index (χ0) is 16.9. The molecule has 0 radical (unpaired) electrons. The zero-order valence-corrected chi connectivity index (χ0v) is 12.3. The van der Waals surface area contributed by atoms with Gasteiger partial charge in [0, 0.05) is 19.6 Å². The Balaban J connectivity index is 2.46. The van der Waals surface area contributed by atoms with E-state index >= 15 is 0 Å². The largest absolute Gasteiger partial charge is 0.504 e. The number of ether oxygens (including phenoxy) is 2. The third-order valence-electron chi connectivity index (χ3n) is 3.74. The molecule has 2 aromatic rings. The monoisotopic (exact) mass is 322 g/mol. The molecule has 0 spiro atoms. The van der Waals surface area contributed by atoms with Gasteiger partial charge in [0.2, 0.25) is 5.43 Å². The minimum atomic E-state index is -1.56. The van der Waals surface area contributed by atoms with E-state index in [9.17, 15) is 24.9 Å². The Morgan fingerprint density at radius 3 is 2.70 bits per heavy atom. The Morgan fingerprint density at radius 2 is 2.09 bits per heavy atom. The maximum absolute atomic E-state index is 12.8. The highest BCUT2D eigenvalue weighted by Crippen LogP contribution is 2.37. The molecule has 0 saturated carbocycles. The van der Waals surface area contributed by atoms with Gasteiger partial charge in [-0.05, 0) is 6.92 Å². The van der Waals surface area contributed by atoms with E-state index in [1.54, 1.807) is 6.92 Å². The van der Waals surface area contributed by atoms with Crippen LogP contribution in [-0.4, -0.2) is 34.5 Å². The van der Waals surface area contributed by atoms with Crippen LogP contribution in [0.1, 0.15) is 34.9 Å². The van der Waals surface area contributed by atoms with Gasteiger partial charge in [0.15, 0.2) is 17.8 Å². The molecule has 0 saturated heterocycles. The van der Waals surface area contributed by atoms with Gasteiger partial charge in [0.1, 0.15) is 16.9 Å². The van der Waals surface area contributed by atoms with E-state index in [2.05, 4.69) is 0 Å². The number of phenolic OH excluding ortho intramolecular Hbond substituents is 1. The van der Waals surface area contributed by atoms with Crippen molar-refractivity contribution in [2.45, 2.75) is 25.7 Å². The molecular weight excluding hydrogens is 308 g/mol. The molecule has 23 heavy (non-hydrogen) atoms. The second-order valence-corrected chi connectivity index (χ2v) is 5.28. The van der Waals surface area contributed by atoms with E-state index in [1.807, 2.05) is 0 Å². The molecular formula is C15H14O8. The Morgan fingerprint density at radius 1 is 1.39 bits per heavy atom. The molecule has 0 aliphatic carbocycles. The number of hydrogen-bond donors (Lipinski definition) is 3. The van der Waals surface area contributed by atoms with Crippen LogP contribution in [0.5, 0.6) is 11.5 Å². The quantitative estimate of drug-likeness (QED) is 0.710. The summed E-state index contributed by atoms with van der Waals surface area (Å²) in [5.74, 6) is -2.83. The standard InChI is InChI=1S/C15H14O8/c1-5-3-7-10(15(21-2)22-5)13(18)9-8(23-7)4-6(16)12(17)11(9)14(19)20/h4-5,15-17H,3H2,1-2H3,(H,19,20)/t5-,15-/m0/s1. The van der Waals surface area contributed by atoms with Crippen LogP contribution in [0.2, 0.25) is 0 Å². The maximum Gasteiger partial charge on any atom is 0.340 e. The van der Waals surface area contributed by atoms with Gasteiger partial charge in [-0.1, -0.05) is 0 Å². The highest BCUT2D eigenvalue weighted by Gasteiger charge is 2.33. The molecule has 3 rings (SSSR count). The summed E-state index contributed by atoms with van der Waals surface area (Å²) in [6, 6.07) is 1.01. The summed E-state index contributed by atoms with van der Waals surface area (Å²) in [5.41, 5.74) is -1.45. The minimum Gasteiger partial charge on any atom is -0.504 e. The number of aromatic hydroxyl groups is 2. The lowest BCUT2D eigenvalue weighted by atomic mass is 10.00. The molecule has 1 aromatic heterocycles. The molecule has 8 nitrogen and oxygen atoms in total. The minimum absolute atomic E-state index is 0.0608. The fourth-order valence-corrected chi connectivity index (χ4v) is 2.75. The van der Waals surface area contributed by atoms with E-state index in [0.29, 0.717) is 12.2 Å². The summed E-state index contributed by atoms with van der Waals surface area (Å²) in [6.07, 6.45) is -0.963. The highest BCUT2D eigenvalue weighted by atomic mass is 16.7. The Kier molecular flexibility index (Phi) is 3.50. The average molecular weight is 322 g/mol. The molecule has 0 amide bonds. The van der Waals surface area contributed by atoms with Crippen molar-refractivity contribution in [3.8, 4) is 11.5 Å². The first-order valence-electron chi connectivity index (χ1n) is 6.81.